The van der Waals surface area contributed by atoms with Crippen molar-refractivity contribution in [3.8, 4) is 17.6 Å². The molecule has 2 aromatic carbocycles. The smallest absolute Gasteiger partial charge is 0.178 e. The van der Waals surface area contributed by atoms with Crippen LogP contribution in [0.1, 0.15) is 6.42 Å². The molecule has 22 heavy (non-hydrogen) atoms. The van der Waals surface area contributed by atoms with Gasteiger partial charge in [0, 0.05) is 6.42 Å². The van der Waals surface area contributed by atoms with Crippen LogP contribution in [0.5, 0.6) is 11.5 Å². The summed E-state index contributed by atoms with van der Waals surface area (Å²) in [6.45, 7) is 0. The van der Waals surface area contributed by atoms with E-state index in [1.165, 1.54) is 12.1 Å². The van der Waals surface area contributed by atoms with Gasteiger partial charge in [-0.1, -0.05) is 18.2 Å². The van der Waals surface area contributed by atoms with Gasteiger partial charge in [0.15, 0.2) is 9.84 Å². The Kier molecular flexibility index (Phi) is 5.15. The zero-order valence-corrected chi connectivity index (χ0v) is 12.5. The van der Waals surface area contributed by atoms with Crippen LogP contribution in [-0.2, 0) is 9.84 Å². The predicted octanol–water partition coefficient (Wildman–Crippen LogP) is 2.53. The number of aliphatic hydroxyl groups excluding tert-OH is 1. The molecule has 0 aliphatic carbocycles. The van der Waals surface area contributed by atoms with Gasteiger partial charge in [0.2, 0.25) is 0 Å². The summed E-state index contributed by atoms with van der Waals surface area (Å²) in [5.74, 6) is 0.915. The maximum atomic E-state index is 12.1. The first kappa shape index (κ1) is 16.0. The molecule has 0 fully saturated rings. The summed E-state index contributed by atoms with van der Waals surface area (Å²) in [7, 11) is -3.52. The Balaban J connectivity index is 2.07. The van der Waals surface area contributed by atoms with Crippen LogP contribution in [0.25, 0.3) is 0 Å². The number of sulfone groups is 1. The molecule has 6 heteroatoms. The first-order chi connectivity index (χ1) is 10.5. The van der Waals surface area contributed by atoms with Crippen LogP contribution in [0.4, 0.5) is 0 Å². The minimum absolute atomic E-state index is 0.110. The Labute approximate surface area is 129 Å². The molecule has 0 aromatic heterocycles. The topological polar surface area (TPSA) is 87.4 Å². The molecule has 0 bridgehead atoms. The predicted molar refractivity (Wildman–Crippen MR) is 81.2 cm³/mol. The Hall–Kier alpha value is -2.36. The van der Waals surface area contributed by atoms with E-state index in [9.17, 15) is 8.42 Å². The normalized spacial score (nSPS) is 12.4. The Morgan fingerprint density at radius 3 is 2.23 bits per heavy atom. The highest BCUT2D eigenvalue weighted by atomic mass is 32.2. The number of benzene rings is 2. The standard InChI is InChI=1S/C16H15NO4S/c17-12-13(18)10-11-22(19,20)16-8-6-15(7-9-16)21-14-4-2-1-3-5-14/h1-9,13,18H,10-11H2. The van der Waals surface area contributed by atoms with Crippen LogP contribution in [0.2, 0.25) is 0 Å². The molecule has 2 rings (SSSR count). The zero-order valence-electron chi connectivity index (χ0n) is 11.7. The SMILES string of the molecule is N#CC(O)CCS(=O)(=O)c1ccc(Oc2ccccc2)cc1. The van der Waals surface area contributed by atoms with Gasteiger partial charge in [0.05, 0.1) is 16.7 Å². The van der Waals surface area contributed by atoms with Crippen LogP contribution < -0.4 is 4.74 Å². The molecule has 0 spiro atoms. The van der Waals surface area contributed by atoms with Crippen molar-refractivity contribution in [3.05, 3.63) is 54.6 Å². The highest BCUT2D eigenvalue weighted by Crippen LogP contribution is 2.23. The lowest BCUT2D eigenvalue weighted by molar-refractivity contribution is 0.226. The fraction of sp³-hybridized carbons (Fsp3) is 0.188. The second-order valence-corrected chi connectivity index (χ2v) is 6.75. The molecule has 0 aliphatic heterocycles. The Morgan fingerprint density at radius 1 is 1.05 bits per heavy atom. The minimum atomic E-state index is -3.52. The number of hydrogen-bond donors (Lipinski definition) is 1. The third kappa shape index (κ3) is 4.32. The zero-order chi connectivity index (χ0) is 16.0. The molecule has 0 amide bonds. The molecule has 114 valence electrons. The fourth-order valence-electron chi connectivity index (χ4n) is 1.79. The highest BCUT2D eigenvalue weighted by molar-refractivity contribution is 7.91. The Morgan fingerprint density at radius 2 is 1.64 bits per heavy atom. The number of para-hydroxylation sites is 1. The van der Waals surface area contributed by atoms with Gasteiger partial charge >= 0.3 is 0 Å². The second-order valence-electron chi connectivity index (χ2n) is 4.64. The largest absolute Gasteiger partial charge is 0.457 e. The minimum Gasteiger partial charge on any atom is -0.457 e. The summed E-state index contributed by atoms with van der Waals surface area (Å²) in [5.41, 5.74) is 0. The van der Waals surface area contributed by atoms with Crippen molar-refractivity contribution in [3.63, 3.8) is 0 Å². The van der Waals surface area contributed by atoms with Crippen LogP contribution in [0.15, 0.2) is 59.5 Å². The van der Waals surface area contributed by atoms with Crippen molar-refractivity contribution < 1.29 is 18.3 Å². The summed E-state index contributed by atoms with van der Waals surface area (Å²) < 4.78 is 29.7. The van der Waals surface area contributed by atoms with E-state index in [0.29, 0.717) is 11.5 Å². The lowest BCUT2D eigenvalue weighted by Crippen LogP contribution is -2.13. The average molecular weight is 317 g/mol. The van der Waals surface area contributed by atoms with E-state index in [4.69, 9.17) is 15.1 Å². The molecule has 0 radical (unpaired) electrons. The lowest BCUT2D eigenvalue weighted by Gasteiger charge is -2.08. The summed E-state index contributed by atoms with van der Waals surface area (Å²) in [5, 5.41) is 17.6. The maximum Gasteiger partial charge on any atom is 0.178 e. The van der Waals surface area contributed by atoms with Crippen molar-refractivity contribution in [2.75, 3.05) is 5.75 Å². The monoisotopic (exact) mass is 317 g/mol. The van der Waals surface area contributed by atoms with Crippen LogP contribution in [-0.4, -0.2) is 25.4 Å². The molecule has 0 heterocycles. The third-order valence-electron chi connectivity index (χ3n) is 2.97. The molecule has 0 saturated carbocycles. The van der Waals surface area contributed by atoms with Crippen LogP contribution in [0.3, 0.4) is 0 Å². The van der Waals surface area contributed by atoms with Crippen molar-refractivity contribution in [2.24, 2.45) is 0 Å². The molecule has 2 aromatic rings. The maximum absolute atomic E-state index is 12.1. The lowest BCUT2D eigenvalue weighted by atomic mass is 10.3. The number of ether oxygens (including phenoxy) is 1. The molecular weight excluding hydrogens is 302 g/mol. The molecule has 5 nitrogen and oxygen atoms in total. The molecule has 1 N–H and O–H groups in total. The first-order valence-corrected chi connectivity index (χ1v) is 8.30. The quantitative estimate of drug-likeness (QED) is 0.827. The van der Waals surface area contributed by atoms with Gasteiger partial charge in [-0.05, 0) is 36.4 Å². The summed E-state index contributed by atoms with van der Waals surface area (Å²) >= 11 is 0. The van der Waals surface area contributed by atoms with E-state index in [0.717, 1.165) is 0 Å². The van der Waals surface area contributed by atoms with Gasteiger partial charge in [-0.2, -0.15) is 5.26 Å². The van der Waals surface area contributed by atoms with Crippen LogP contribution in [0, 0.1) is 11.3 Å². The van der Waals surface area contributed by atoms with E-state index >= 15 is 0 Å². The molecular formula is C16H15NO4S. The number of nitrogens with zero attached hydrogens (tertiary/aromatic N) is 1. The highest BCUT2D eigenvalue weighted by Gasteiger charge is 2.16. The van der Waals surface area contributed by atoms with Gasteiger partial charge < -0.3 is 9.84 Å². The van der Waals surface area contributed by atoms with Gasteiger partial charge in [-0.25, -0.2) is 8.42 Å². The van der Waals surface area contributed by atoms with Crippen molar-refractivity contribution in [1.82, 2.24) is 0 Å². The van der Waals surface area contributed by atoms with Crippen LogP contribution >= 0.6 is 0 Å². The van der Waals surface area contributed by atoms with E-state index in [2.05, 4.69) is 0 Å². The second kappa shape index (κ2) is 7.07. The van der Waals surface area contributed by atoms with Crippen molar-refractivity contribution in [1.29, 1.82) is 5.26 Å². The number of nitriles is 1. The third-order valence-corrected chi connectivity index (χ3v) is 4.73. The average Bonchev–Trinajstić information content (AvgIpc) is 2.54. The van der Waals surface area contributed by atoms with E-state index in [1.54, 1.807) is 30.3 Å². The number of hydrogen-bond acceptors (Lipinski definition) is 5. The molecule has 0 saturated heterocycles. The van der Waals surface area contributed by atoms with Crippen molar-refractivity contribution in [2.45, 2.75) is 17.4 Å². The van der Waals surface area contributed by atoms with E-state index in [1.807, 2.05) is 18.2 Å². The summed E-state index contributed by atoms with van der Waals surface area (Å²) in [4.78, 5) is 0.137. The van der Waals surface area contributed by atoms with E-state index in [-0.39, 0.29) is 17.1 Å². The van der Waals surface area contributed by atoms with Crippen molar-refractivity contribution >= 4 is 9.84 Å². The Bertz CT molecular complexity index is 749. The molecule has 1 atom stereocenters. The van der Waals surface area contributed by atoms with E-state index < -0.39 is 15.9 Å². The van der Waals surface area contributed by atoms with Gasteiger partial charge in [-0.3, -0.25) is 0 Å². The number of rotatable bonds is 6. The van der Waals surface area contributed by atoms with Gasteiger partial charge in [-0.15, -0.1) is 0 Å². The fourth-order valence-corrected chi connectivity index (χ4v) is 3.11. The van der Waals surface area contributed by atoms with Gasteiger partial charge in [0.25, 0.3) is 0 Å². The number of aliphatic hydroxyl groups is 1. The van der Waals surface area contributed by atoms with Gasteiger partial charge in [0.1, 0.15) is 17.6 Å². The molecule has 1 unspecified atom stereocenters. The summed E-state index contributed by atoms with van der Waals surface area (Å²) in [6, 6.07) is 16.8. The molecule has 0 aliphatic rings. The summed E-state index contributed by atoms with van der Waals surface area (Å²) in [6.07, 6.45) is -1.38. The first-order valence-electron chi connectivity index (χ1n) is 6.65.